The van der Waals surface area contributed by atoms with Crippen LogP contribution in [0.5, 0.6) is 0 Å². The lowest BCUT2D eigenvalue weighted by Gasteiger charge is -1.97. The standard InChI is InChI=1S/C13H15BrN2S/c14-11-5-3-4-10(8-11)12-9-17-13(16-12)6-1-2-7-15/h3-5,8-9H,1-2,6-7,15H2. The smallest absolute Gasteiger partial charge is 0.0932 e. The summed E-state index contributed by atoms with van der Waals surface area (Å²) in [5.41, 5.74) is 7.72. The fourth-order valence-corrected chi connectivity index (χ4v) is 2.88. The summed E-state index contributed by atoms with van der Waals surface area (Å²) in [6.45, 7) is 0.768. The minimum atomic E-state index is 0.768. The second-order valence-electron chi connectivity index (χ2n) is 3.88. The summed E-state index contributed by atoms with van der Waals surface area (Å²) in [6.07, 6.45) is 3.24. The molecule has 1 heterocycles. The topological polar surface area (TPSA) is 38.9 Å². The van der Waals surface area contributed by atoms with E-state index in [9.17, 15) is 0 Å². The van der Waals surface area contributed by atoms with E-state index in [1.807, 2.05) is 12.1 Å². The molecule has 90 valence electrons. The molecule has 0 saturated heterocycles. The molecule has 0 radical (unpaired) electrons. The molecule has 0 aliphatic heterocycles. The Bertz CT molecular complexity index is 482. The third-order valence-electron chi connectivity index (χ3n) is 2.52. The van der Waals surface area contributed by atoms with Crippen molar-refractivity contribution in [3.8, 4) is 11.3 Å². The fraction of sp³-hybridized carbons (Fsp3) is 0.308. The molecular weight excluding hydrogens is 296 g/mol. The zero-order valence-corrected chi connectivity index (χ0v) is 11.9. The predicted molar refractivity (Wildman–Crippen MR) is 77.2 cm³/mol. The average Bonchev–Trinajstić information content (AvgIpc) is 2.78. The maximum atomic E-state index is 5.48. The first-order valence-electron chi connectivity index (χ1n) is 5.70. The first-order valence-corrected chi connectivity index (χ1v) is 7.37. The molecule has 1 aromatic heterocycles. The van der Waals surface area contributed by atoms with E-state index >= 15 is 0 Å². The molecule has 0 bridgehead atoms. The van der Waals surface area contributed by atoms with Gasteiger partial charge >= 0.3 is 0 Å². The van der Waals surface area contributed by atoms with Crippen LogP contribution in [0.15, 0.2) is 34.1 Å². The maximum Gasteiger partial charge on any atom is 0.0932 e. The van der Waals surface area contributed by atoms with Gasteiger partial charge in [-0.2, -0.15) is 0 Å². The number of unbranched alkanes of at least 4 members (excludes halogenated alkanes) is 1. The van der Waals surface area contributed by atoms with Crippen LogP contribution >= 0.6 is 27.3 Å². The number of halogens is 1. The van der Waals surface area contributed by atoms with Crippen molar-refractivity contribution in [3.05, 3.63) is 39.1 Å². The second kappa shape index (κ2) is 6.28. The van der Waals surface area contributed by atoms with Gasteiger partial charge in [0.25, 0.3) is 0 Å². The zero-order chi connectivity index (χ0) is 12.1. The van der Waals surface area contributed by atoms with E-state index < -0.39 is 0 Å². The summed E-state index contributed by atoms with van der Waals surface area (Å²) in [5.74, 6) is 0. The van der Waals surface area contributed by atoms with Gasteiger partial charge in [-0.15, -0.1) is 11.3 Å². The second-order valence-corrected chi connectivity index (χ2v) is 5.74. The molecular formula is C13H15BrN2S. The fourth-order valence-electron chi connectivity index (χ4n) is 1.63. The highest BCUT2D eigenvalue weighted by atomic mass is 79.9. The van der Waals surface area contributed by atoms with E-state index in [2.05, 4.69) is 38.4 Å². The Morgan fingerprint density at radius 1 is 1.29 bits per heavy atom. The number of benzene rings is 1. The van der Waals surface area contributed by atoms with Crippen molar-refractivity contribution >= 4 is 27.3 Å². The van der Waals surface area contributed by atoms with Crippen LogP contribution in [0.4, 0.5) is 0 Å². The van der Waals surface area contributed by atoms with Gasteiger partial charge in [-0.25, -0.2) is 4.98 Å². The molecule has 2 N–H and O–H groups in total. The zero-order valence-electron chi connectivity index (χ0n) is 9.53. The molecule has 2 nitrogen and oxygen atoms in total. The quantitative estimate of drug-likeness (QED) is 0.852. The molecule has 17 heavy (non-hydrogen) atoms. The number of hydrogen-bond donors (Lipinski definition) is 1. The molecule has 1 aromatic carbocycles. The van der Waals surface area contributed by atoms with E-state index in [1.165, 1.54) is 10.6 Å². The Morgan fingerprint density at radius 3 is 2.94 bits per heavy atom. The molecule has 0 fully saturated rings. The number of nitrogens with two attached hydrogens (primary N) is 1. The van der Waals surface area contributed by atoms with Crippen molar-refractivity contribution in [1.82, 2.24) is 4.98 Å². The first-order chi connectivity index (χ1) is 8.29. The Morgan fingerprint density at radius 2 is 2.18 bits per heavy atom. The Balaban J connectivity index is 2.07. The normalized spacial score (nSPS) is 10.7. The van der Waals surface area contributed by atoms with Crippen molar-refractivity contribution in [1.29, 1.82) is 0 Å². The third kappa shape index (κ3) is 3.63. The number of hydrogen-bond acceptors (Lipinski definition) is 3. The Kier molecular flexibility index (Phi) is 4.71. The van der Waals surface area contributed by atoms with Crippen molar-refractivity contribution in [2.24, 2.45) is 5.73 Å². The summed E-state index contributed by atoms with van der Waals surface area (Å²) in [4.78, 5) is 4.65. The van der Waals surface area contributed by atoms with Crippen LogP contribution in [-0.2, 0) is 6.42 Å². The predicted octanol–water partition coefficient (Wildman–Crippen LogP) is 3.85. The van der Waals surface area contributed by atoms with Crippen LogP contribution in [0.3, 0.4) is 0 Å². The van der Waals surface area contributed by atoms with E-state index in [1.54, 1.807) is 11.3 Å². The number of thiazole rings is 1. The van der Waals surface area contributed by atoms with E-state index in [4.69, 9.17) is 5.73 Å². The Labute approximate surface area is 114 Å². The van der Waals surface area contributed by atoms with Crippen LogP contribution in [0, 0.1) is 0 Å². The number of rotatable bonds is 5. The molecule has 0 aliphatic carbocycles. The van der Waals surface area contributed by atoms with Gasteiger partial charge in [0.2, 0.25) is 0 Å². The summed E-state index contributed by atoms with van der Waals surface area (Å²) in [7, 11) is 0. The van der Waals surface area contributed by atoms with E-state index in [0.29, 0.717) is 0 Å². The van der Waals surface area contributed by atoms with Crippen molar-refractivity contribution in [2.75, 3.05) is 6.54 Å². The number of nitrogens with zero attached hydrogens (tertiary/aromatic N) is 1. The molecule has 0 unspecified atom stereocenters. The van der Waals surface area contributed by atoms with Gasteiger partial charge in [0.1, 0.15) is 0 Å². The van der Waals surface area contributed by atoms with Crippen LogP contribution in [0.25, 0.3) is 11.3 Å². The Hall–Kier alpha value is -0.710. The highest BCUT2D eigenvalue weighted by Crippen LogP contribution is 2.25. The largest absolute Gasteiger partial charge is 0.330 e. The van der Waals surface area contributed by atoms with Gasteiger partial charge in [0.05, 0.1) is 10.7 Å². The summed E-state index contributed by atoms with van der Waals surface area (Å²) in [5, 5.41) is 3.33. The minimum absolute atomic E-state index is 0.768. The van der Waals surface area contributed by atoms with Gasteiger partial charge in [-0.1, -0.05) is 28.1 Å². The van der Waals surface area contributed by atoms with Gasteiger partial charge in [-0.3, -0.25) is 0 Å². The van der Waals surface area contributed by atoms with Gasteiger partial charge in [0, 0.05) is 15.4 Å². The van der Waals surface area contributed by atoms with Crippen LogP contribution in [0.1, 0.15) is 17.8 Å². The molecule has 2 rings (SSSR count). The highest BCUT2D eigenvalue weighted by Gasteiger charge is 2.04. The molecule has 0 amide bonds. The van der Waals surface area contributed by atoms with Crippen molar-refractivity contribution in [2.45, 2.75) is 19.3 Å². The highest BCUT2D eigenvalue weighted by molar-refractivity contribution is 9.10. The molecule has 2 aromatic rings. The minimum Gasteiger partial charge on any atom is -0.330 e. The lowest BCUT2D eigenvalue weighted by Crippen LogP contribution is -1.98. The molecule has 4 heteroatoms. The third-order valence-corrected chi connectivity index (χ3v) is 3.92. The van der Waals surface area contributed by atoms with Crippen LogP contribution < -0.4 is 5.73 Å². The maximum absolute atomic E-state index is 5.48. The molecule has 0 atom stereocenters. The number of aromatic nitrogens is 1. The summed E-state index contributed by atoms with van der Waals surface area (Å²) >= 11 is 5.21. The van der Waals surface area contributed by atoms with Crippen LogP contribution in [0.2, 0.25) is 0 Å². The molecule has 0 saturated carbocycles. The van der Waals surface area contributed by atoms with E-state index in [0.717, 1.165) is 36.0 Å². The van der Waals surface area contributed by atoms with Gasteiger partial charge < -0.3 is 5.73 Å². The lowest BCUT2D eigenvalue weighted by atomic mass is 10.2. The van der Waals surface area contributed by atoms with Crippen molar-refractivity contribution in [3.63, 3.8) is 0 Å². The van der Waals surface area contributed by atoms with E-state index in [-0.39, 0.29) is 0 Å². The molecule has 0 spiro atoms. The SMILES string of the molecule is NCCCCc1nc(-c2cccc(Br)c2)cs1. The number of aryl methyl sites for hydroxylation is 1. The van der Waals surface area contributed by atoms with Crippen LogP contribution in [-0.4, -0.2) is 11.5 Å². The lowest BCUT2D eigenvalue weighted by molar-refractivity contribution is 0.742. The summed E-state index contributed by atoms with van der Waals surface area (Å²) in [6, 6.07) is 8.24. The monoisotopic (exact) mass is 310 g/mol. The van der Waals surface area contributed by atoms with Gasteiger partial charge in [0.15, 0.2) is 0 Å². The first kappa shape index (κ1) is 12.7. The molecule has 0 aliphatic rings. The summed E-state index contributed by atoms with van der Waals surface area (Å²) < 4.78 is 1.09. The van der Waals surface area contributed by atoms with Gasteiger partial charge in [-0.05, 0) is 37.9 Å². The van der Waals surface area contributed by atoms with Crippen molar-refractivity contribution < 1.29 is 0 Å². The average molecular weight is 311 g/mol.